The normalized spacial score (nSPS) is 11.9. The van der Waals surface area contributed by atoms with E-state index in [9.17, 15) is 19.5 Å². The number of rotatable bonds is 9. The van der Waals surface area contributed by atoms with Gasteiger partial charge in [-0.25, -0.2) is 14.6 Å². The van der Waals surface area contributed by atoms with Gasteiger partial charge in [-0.3, -0.25) is 15.0 Å². The Morgan fingerprint density at radius 1 is 1.19 bits per heavy atom. The summed E-state index contributed by atoms with van der Waals surface area (Å²) in [6, 6.07) is 13.1. The molecule has 2 aromatic carbocycles. The maximum absolute atomic E-state index is 12.9. The number of carboxylic acid groups (broad SMARTS) is 1. The summed E-state index contributed by atoms with van der Waals surface area (Å²) in [5.41, 5.74) is 1.13. The second kappa shape index (κ2) is 12.4. The van der Waals surface area contributed by atoms with Gasteiger partial charge in [-0.2, -0.15) is 0 Å². The molecular weight excluding hydrogens is 490 g/mol. The lowest BCUT2D eigenvalue weighted by Crippen LogP contribution is -2.52. The van der Waals surface area contributed by atoms with Crippen molar-refractivity contribution in [2.24, 2.45) is 4.99 Å². The first-order chi connectivity index (χ1) is 17.3. The molecule has 1 unspecified atom stereocenters. The summed E-state index contributed by atoms with van der Waals surface area (Å²) in [5.74, 6) is -0.498. The molecule has 36 heavy (non-hydrogen) atoms. The van der Waals surface area contributed by atoms with Gasteiger partial charge in [0.05, 0.1) is 12.2 Å². The van der Waals surface area contributed by atoms with E-state index in [4.69, 9.17) is 20.9 Å². The second-order valence-electron chi connectivity index (χ2n) is 7.53. The largest absolute Gasteiger partial charge is 0.480 e. The van der Waals surface area contributed by atoms with E-state index in [1.807, 2.05) is 0 Å². The molecule has 0 radical (unpaired) electrons. The van der Waals surface area contributed by atoms with Gasteiger partial charge in [-0.15, -0.1) is 0 Å². The van der Waals surface area contributed by atoms with Gasteiger partial charge in [0, 0.05) is 18.1 Å². The maximum Gasteiger partial charge on any atom is 0.326 e. The number of nitrogens with zero attached hydrogens (tertiary/aromatic N) is 4. The van der Waals surface area contributed by atoms with Gasteiger partial charge in [0.25, 0.3) is 5.88 Å². The number of aliphatic carboxylic acids is 1. The zero-order chi connectivity index (χ0) is 26.1. The summed E-state index contributed by atoms with van der Waals surface area (Å²) in [6.45, 7) is 1.73. The van der Waals surface area contributed by atoms with Crippen molar-refractivity contribution in [3.8, 4) is 11.6 Å². The fourth-order valence-corrected chi connectivity index (χ4v) is 3.26. The molecule has 12 heteroatoms. The van der Waals surface area contributed by atoms with Crippen LogP contribution in [-0.4, -0.2) is 57.5 Å². The SMILES string of the molecule is CCC(C(=O)O)N(C)C(=O)NC(=Nc1ccc(Oc2ccon2)cc1)N(C=O)Cc1ccc(Cl)cc1. The number of ether oxygens (including phenoxy) is 1. The third-order valence-corrected chi connectivity index (χ3v) is 5.30. The van der Waals surface area contributed by atoms with Gasteiger partial charge < -0.3 is 19.3 Å². The quantitative estimate of drug-likeness (QED) is 0.247. The molecule has 3 amide bonds. The summed E-state index contributed by atoms with van der Waals surface area (Å²) < 4.78 is 10.3. The number of aliphatic imine (C=N–C) groups is 1. The molecule has 11 nitrogen and oxygen atoms in total. The highest BCUT2D eigenvalue weighted by Crippen LogP contribution is 2.23. The van der Waals surface area contributed by atoms with E-state index in [0.717, 1.165) is 10.5 Å². The van der Waals surface area contributed by atoms with E-state index in [1.54, 1.807) is 61.5 Å². The van der Waals surface area contributed by atoms with Crippen LogP contribution in [0.5, 0.6) is 11.6 Å². The number of likely N-dealkylation sites (N-methyl/N-ethyl adjacent to an activating group) is 1. The Balaban J connectivity index is 1.88. The van der Waals surface area contributed by atoms with Crippen molar-refractivity contribution < 1.29 is 28.8 Å². The van der Waals surface area contributed by atoms with Crippen LogP contribution in [0.3, 0.4) is 0 Å². The number of amides is 3. The number of carbonyl (C=O) groups excluding carboxylic acids is 2. The predicted octanol–water partition coefficient (Wildman–Crippen LogP) is 4.27. The van der Waals surface area contributed by atoms with Crippen molar-refractivity contribution in [1.29, 1.82) is 0 Å². The number of carboxylic acids is 1. The Labute approximate surface area is 211 Å². The molecule has 0 saturated carbocycles. The van der Waals surface area contributed by atoms with Crippen LogP contribution in [0.2, 0.25) is 5.02 Å². The van der Waals surface area contributed by atoms with Crippen LogP contribution in [0.4, 0.5) is 10.5 Å². The van der Waals surface area contributed by atoms with Gasteiger partial charge >= 0.3 is 12.0 Å². The van der Waals surface area contributed by atoms with Crippen LogP contribution >= 0.6 is 11.6 Å². The highest BCUT2D eigenvalue weighted by atomic mass is 35.5. The van der Waals surface area contributed by atoms with Gasteiger partial charge in [0.1, 0.15) is 18.1 Å². The Kier molecular flexibility index (Phi) is 9.01. The third kappa shape index (κ3) is 7.06. The molecule has 0 fully saturated rings. The minimum absolute atomic E-state index is 0.0764. The Bertz CT molecular complexity index is 1200. The summed E-state index contributed by atoms with van der Waals surface area (Å²) in [6.07, 6.45) is 2.09. The molecule has 3 aromatic rings. The van der Waals surface area contributed by atoms with Crippen LogP contribution in [-0.2, 0) is 16.1 Å². The van der Waals surface area contributed by atoms with Crippen molar-refractivity contribution in [3.63, 3.8) is 0 Å². The smallest absolute Gasteiger partial charge is 0.326 e. The number of carbonyl (C=O) groups is 3. The number of aromatic nitrogens is 1. The molecule has 0 aliphatic carbocycles. The summed E-state index contributed by atoms with van der Waals surface area (Å²) >= 11 is 5.95. The Hall–Kier alpha value is -4.38. The van der Waals surface area contributed by atoms with Crippen LogP contribution < -0.4 is 10.1 Å². The lowest BCUT2D eigenvalue weighted by atomic mass is 10.2. The molecule has 1 heterocycles. The lowest BCUT2D eigenvalue weighted by Gasteiger charge is -2.26. The number of benzene rings is 2. The molecular formula is C24H24ClN5O6. The molecule has 0 aliphatic rings. The van der Waals surface area contributed by atoms with E-state index >= 15 is 0 Å². The summed E-state index contributed by atoms with van der Waals surface area (Å²) in [5, 5.41) is 16.2. The van der Waals surface area contributed by atoms with E-state index in [-0.39, 0.29) is 24.8 Å². The Morgan fingerprint density at radius 3 is 2.44 bits per heavy atom. The summed E-state index contributed by atoms with van der Waals surface area (Å²) in [7, 11) is 1.36. The first kappa shape index (κ1) is 26.2. The van der Waals surface area contributed by atoms with Gasteiger partial charge in [-0.1, -0.05) is 30.7 Å². The molecule has 0 bridgehead atoms. The molecule has 2 N–H and O–H groups in total. The van der Waals surface area contributed by atoms with Crippen molar-refractivity contribution in [3.05, 3.63) is 71.4 Å². The average Bonchev–Trinajstić information content (AvgIpc) is 3.37. The summed E-state index contributed by atoms with van der Waals surface area (Å²) in [4.78, 5) is 43.0. The van der Waals surface area contributed by atoms with E-state index in [2.05, 4.69) is 15.5 Å². The van der Waals surface area contributed by atoms with Crippen molar-refractivity contribution in [2.45, 2.75) is 25.9 Å². The van der Waals surface area contributed by atoms with Gasteiger partial charge in [0.2, 0.25) is 12.4 Å². The number of hydrogen-bond donors (Lipinski definition) is 2. The average molecular weight is 514 g/mol. The van der Waals surface area contributed by atoms with Crippen molar-refractivity contribution in [2.75, 3.05) is 7.05 Å². The zero-order valence-electron chi connectivity index (χ0n) is 19.5. The number of urea groups is 1. The fourth-order valence-electron chi connectivity index (χ4n) is 3.14. The predicted molar refractivity (Wildman–Crippen MR) is 131 cm³/mol. The molecule has 3 rings (SSSR count). The van der Waals surface area contributed by atoms with Crippen LogP contribution in [0.25, 0.3) is 0 Å². The van der Waals surface area contributed by atoms with E-state index < -0.39 is 18.0 Å². The monoisotopic (exact) mass is 513 g/mol. The topological polar surface area (TPSA) is 138 Å². The number of hydrogen-bond acceptors (Lipinski definition) is 7. The number of guanidine groups is 1. The highest BCUT2D eigenvalue weighted by Gasteiger charge is 2.26. The second-order valence-corrected chi connectivity index (χ2v) is 7.97. The lowest BCUT2D eigenvalue weighted by molar-refractivity contribution is -0.141. The molecule has 1 atom stereocenters. The highest BCUT2D eigenvalue weighted by molar-refractivity contribution is 6.30. The Morgan fingerprint density at radius 2 is 1.89 bits per heavy atom. The van der Waals surface area contributed by atoms with E-state index in [1.165, 1.54) is 18.2 Å². The minimum atomic E-state index is -1.15. The van der Waals surface area contributed by atoms with Crippen molar-refractivity contribution in [1.82, 2.24) is 20.3 Å². The first-order valence-corrected chi connectivity index (χ1v) is 11.2. The van der Waals surface area contributed by atoms with Gasteiger partial charge in [-0.05, 0) is 53.5 Å². The van der Waals surface area contributed by atoms with Gasteiger partial charge in [0.15, 0.2) is 0 Å². The molecule has 0 aliphatic heterocycles. The molecule has 0 saturated heterocycles. The molecule has 1 aromatic heterocycles. The first-order valence-electron chi connectivity index (χ1n) is 10.8. The van der Waals surface area contributed by atoms with Crippen molar-refractivity contribution >= 4 is 41.7 Å². The van der Waals surface area contributed by atoms with Crippen LogP contribution in [0.1, 0.15) is 18.9 Å². The van der Waals surface area contributed by atoms with Crippen LogP contribution in [0, 0.1) is 0 Å². The maximum atomic E-state index is 12.9. The number of halogens is 1. The number of nitrogens with one attached hydrogen (secondary N) is 1. The van der Waals surface area contributed by atoms with Crippen LogP contribution in [0.15, 0.2) is 70.4 Å². The van der Waals surface area contributed by atoms with E-state index in [0.29, 0.717) is 22.9 Å². The standard InChI is InChI=1S/C24H24ClN5O6/c1-3-20(22(32)33)29(2)24(34)27-23(30(15-31)14-16-4-6-17(25)7-5-16)26-18-8-10-19(11-9-18)36-21-12-13-35-28-21/h4-13,15,20H,3,14H2,1-2H3,(H,32,33)(H,26,27,34). The third-order valence-electron chi connectivity index (χ3n) is 5.05. The molecule has 0 spiro atoms. The zero-order valence-corrected chi connectivity index (χ0v) is 20.3. The molecule has 188 valence electrons. The fraction of sp³-hybridized carbons (Fsp3) is 0.208. The minimum Gasteiger partial charge on any atom is -0.480 e.